The number of likely N-dealkylation sites (N-methyl/N-ethyl adjacent to an activating group) is 1. The lowest BCUT2D eigenvalue weighted by Gasteiger charge is -2.28. The van der Waals surface area contributed by atoms with Gasteiger partial charge in [0.05, 0.1) is 12.7 Å². The van der Waals surface area contributed by atoms with Gasteiger partial charge in [-0.05, 0) is 46.8 Å². The molecule has 0 aromatic carbocycles. The van der Waals surface area contributed by atoms with E-state index in [-0.39, 0.29) is 0 Å². The Morgan fingerprint density at radius 2 is 1.86 bits per heavy atom. The van der Waals surface area contributed by atoms with E-state index in [4.69, 9.17) is 4.74 Å². The third kappa shape index (κ3) is 4.40. The second-order valence-corrected chi connectivity index (χ2v) is 4.44. The summed E-state index contributed by atoms with van der Waals surface area (Å²) in [6.07, 6.45) is 5.49. The van der Waals surface area contributed by atoms with Crippen molar-refractivity contribution in [3.05, 3.63) is 0 Å². The first-order chi connectivity index (χ1) is 6.72. The van der Waals surface area contributed by atoms with Gasteiger partial charge in [0, 0.05) is 12.6 Å². The van der Waals surface area contributed by atoms with Crippen LogP contribution in [0.2, 0.25) is 0 Å². The highest BCUT2D eigenvalue weighted by Gasteiger charge is 2.19. The van der Waals surface area contributed by atoms with Crippen molar-refractivity contribution >= 4 is 0 Å². The van der Waals surface area contributed by atoms with E-state index >= 15 is 0 Å². The van der Waals surface area contributed by atoms with Gasteiger partial charge in [-0.15, -0.1) is 0 Å². The van der Waals surface area contributed by atoms with Crippen LogP contribution < -0.4 is 5.32 Å². The van der Waals surface area contributed by atoms with Crippen molar-refractivity contribution in [2.75, 3.05) is 34.3 Å². The molecule has 0 atom stereocenters. The zero-order valence-electron chi connectivity index (χ0n) is 9.75. The second kappa shape index (κ2) is 6.38. The van der Waals surface area contributed by atoms with Gasteiger partial charge in [-0.2, -0.15) is 0 Å². The Balaban J connectivity index is 2.04. The van der Waals surface area contributed by atoms with Gasteiger partial charge in [-0.3, -0.25) is 0 Å². The topological polar surface area (TPSA) is 24.5 Å². The van der Waals surface area contributed by atoms with E-state index in [1.807, 2.05) is 0 Å². The molecule has 1 aliphatic rings. The fourth-order valence-electron chi connectivity index (χ4n) is 1.92. The number of ether oxygens (including phenoxy) is 1. The lowest BCUT2D eigenvalue weighted by molar-refractivity contribution is 0.0165. The fraction of sp³-hybridized carbons (Fsp3) is 1.00. The molecule has 1 aliphatic carbocycles. The number of hydrogen-bond acceptors (Lipinski definition) is 3. The maximum Gasteiger partial charge on any atom is 0.0596 e. The van der Waals surface area contributed by atoms with Crippen LogP contribution in [0, 0.1) is 0 Å². The van der Waals surface area contributed by atoms with Crippen LogP contribution in [0.1, 0.15) is 25.7 Å². The van der Waals surface area contributed by atoms with Crippen LogP contribution in [0.4, 0.5) is 0 Å². The zero-order valence-corrected chi connectivity index (χ0v) is 9.75. The zero-order chi connectivity index (χ0) is 10.4. The second-order valence-electron chi connectivity index (χ2n) is 4.44. The largest absolute Gasteiger partial charge is 0.377 e. The Kier molecular flexibility index (Phi) is 5.45. The summed E-state index contributed by atoms with van der Waals surface area (Å²) < 4.78 is 5.82. The number of nitrogens with one attached hydrogen (secondary N) is 1. The van der Waals surface area contributed by atoms with Crippen LogP contribution in [0.5, 0.6) is 0 Å². The van der Waals surface area contributed by atoms with Crippen LogP contribution in [0.15, 0.2) is 0 Å². The van der Waals surface area contributed by atoms with Crippen LogP contribution in [0.3, 0.4) is 0 Å². The number of nitrogens with zero attached hydrogens (tertiary/aromatic N) is 1. The summed E-state index contributed by atoms with van der Waals surface area (Å²) in [5, 5.41) is 3.33. The fourth-order valence-corrected chi connectivity index (χ4v) is 1.92. The molecule has 0 amide bonds. The molecule has 1 N–H and O–H groups in total. The Morgan fingerprint density at radius 3 is 2.36 bits per heavy atom. The Labute approximate surface area is 87.8 Å². The molecule has 0 aliphatic heterocycles. The van der Waals surface area contributed by atoms with Crippen molar-refractivity contribution in [3.63, 3.8) is 0 Å². The average molecular weight is 200 g/mol. The van der Waals surface area contributed by atoms with Crippen LogP contribution >= 0.6 is 0 Å². The van der Waals surface area contributed by atoms with E-state index in [2.05, 4.69) is 31.4 Å². The normalized spacial score (nSPS) is 28.3. The molecule has 0 saturated heterocycles. The molecule has 84 valence electrons. The summed E-state index contributed by atoms with van der Waals surface area (Å²) in [7, 11) is 6.22. The van der Waals surface area contributed by atoms with Crippen molar-refractivity contribution in [1.82, 2.24) is 10.2 Å². The highest BCUT2D eigenvalue weighted by Crippen LogP contribution is 2.20. The molecular weight excluding hydrogens is 176 g/mol. The van der Waals surface area contributed by atoms with Gasteiger partial charge in [0.2, 0.25) is 0 Å². The summed E-state index contributed by atoms with van der Waals surface area (Å²) in [6.45, 7) is 1.91. The first-order valence-electron chi connectivity index (χ1n) is 5.66. The summed E-state index contributed by atoms with van der Waals surface area (Å²) >= 11 is 0. The quantitative estimate of drug-likeness (QED) is 0.719. The van der Waals surface area contributed by atoms with E-state index in [0.29, 0.717) is 6.10 Å². The molecule has 0 bridgehead atoms. The lowest BCUT2D eigenvalue weighted by Crippen LogP contribution is -2.33. The lowest BCUT2D eigenvalue weighted by atomic mass is 9.93. The van der Waals surface area contributed by atoms with Crippen LogP contribution in [-0.2, 0) is 4.74 Å². The molecule has 0 radical (unpaired) electrons. The van der Waals surface area contributed by atoms with Crippen LogP contribution in [0.25, 0.3) is 0 Å². The van der Waals surface area contributed by atoms with Crippen molar-refractivity contribution in [2.24, 2.45) is 0 Å². The molecule has 1 saturated carbocycles. The van der Waals surface area contributed by atoms with E-state index in [1.54, 1.807) is 0 Å². The van der Waals surface area contributed by atoms with Gasteiger partial charge in [0.25, 0.3) is 0 Å². The molecule has 3 heteroatoms. The van der Waals surface area contributed by atoms with Gasteiger partial charge >= 0.3 is 0 Å². The number of rotatable bonds is 5. The van der Waals surface area contributed by atoms with E-state index < -0.39 is 0 Å². The van der Waals surface area contributed by atoms with Crippen molar-refractivity contribution in [2.45, 2.75) is 37.8 Å². The maximum atomic E-state index is 5.82. The molecular formula is C11H24N2O. The summed E-state index contributed by atoms with van der Waals surface area (Å²) in [5.74, 6) is 0. The molecule has 1 rings (SSSR count). The summed E-state index contributed by atoms with van der Waals surface area (Å²) in [5.41, 5.74) is 0. The molecule has 0 aromatic rings. The summed E-state index contributed by atoms with van der Waals surface area (Å²) in [6, 6.07) is 0.726. The van der Waals surface area contributed by atoms with Gasteiger partial charge in [-0.1, -0.05) is 0 Å². The van der Waals surface area contributed by atoms with Gasteiger partial charge in [-0.25, -0.2) is 0 Å². The number of hydrogen-bond donors (Lipinski definition) is 1. The van der Waals surface area contributed by atoms with Gasteiger partial charge in [0.15, 0.2) is 0 Å². The molecule has 0 aromatic heterocycles. The minimum absolute atomic E-state index is 0.513. The first-order valence-corrected chi connectivity index (χ1v) is 5.66. The molecule has 0 heterocycles. The minimum Gasteiger partial charge on any atom is -0.377 e. The standard InChI is InChI=1S/C11H24N2O/c1-12-10-4-6-11(7-5-10)14-9-8-13(2)3/h10-12H,4-9H2,1-3H3. The molecule has 1 fully saturated rings. The van der Waals surface area contributed by atoms with E-state index in [9.17, 15) is 0 Å². The van der Waals surface area contributed by atoms with Crippen molar-refractivity contribution < 1.29 is 4.74 Å². The highest BCUT2D eigenvalue weighted by atomic mass is 16.5. The molecule has 3 nitrogen and oxygen atoms in total. The Hall–Kier alpha value is -0.120. The SMILES string of the molecule is CNC1CCC(OCCN(C)C)CC1. The Morgan fingerprint density at radius 1 is 1.21 bits per heavy atom. The highest BCUT2D eigenvalue weighted by molar-refractivity contribution is 4.76. The van der Waals surface area contributed by atoms with Crippen molar-refractivity contribution in [1.29, 1.82) is 0 Å². The first kappa shape index (κ1) is 12.0. The third-order valence-electron chi connectivity index (χ3n) is 2.97. The summed E-state index contributed by atoms with van der Waals surface area (Å²) in [4.78, 5) is 2.17. The van der Waals surface area contributed by atoms with E-state index in [0.717, 1.165) is 19.2 Å². The minimum atomic E-state index is 0.513. The van der Waals surface area contributed by atoms with Crippen LogP contribution in [-0.4, -0.2) is 51.3 Å². The maximum absolute atomic E-state index is 5.82. The molecule has 0 unspecified atom stereocenters. The van der Waals surface area contributed by atoms with Crippen molar-refractivity contribution in [3.8, 4) is 0 Å². The molecule has 0 spiro atoms. The predicted octanol–water partition coefficient (Wildman–Crippen LogP) is 1.10. The average Bonchev–Trinajstić information content (AvgIpc) is 2.18. The van der Waals surface area contributed by atoms with Gasteiger partial charge < -0.3 is 15.0 Å². The Bertz CT molecular complexity index is 142. The van der Waals surface area contributed by atoms with E-state index in [1.165, 1.54) is 25.7 Å². The molecule has 14 heavy (non-hydrogen) atoms. The monoisotopic (exact) mass is 200 g/mol. The smallest absolute Gasteiger partial charge is 0.0596 e. The third-order valence-corrected chi connectivity index (χ3v) is 2.97. The van der Waals surface area contributed by atoms with Gasteiger partial charge in [0.1, 0.15) is 0 Å². The predicted molar refractivity (Wildman–Crippen MR) is 59.6 cm³/mol.